The molecule has 0 saturated carbocycles. The van der Waals surface area contributed by atoms with Gasteiger partial charge in [0.25, 0.3) is 11.8 Å². The number of carbonyl (C=O) groups is 2. The molecule has 0 saturated heterocycles. The van der Waals surface area contributed by atoms with Gasteiger partial charge in [-0.2, -0.15) is 0 Å². The summed E-state index contributed by atoms with van der Waals surface area (Å²) in [5.41, 5.74) is 4.89. The molecule has 0 aromatic rings. The Morgan fingerprint density at radius 1 is 1.50 bits per heavy atom. The van der Waals surface area contributed by atoms with Crippen LogP contribution in [0.2, 0.25) is 0 Å². The Hall–Kier alpha value is -0.480. The highest BCUT2D eigenvalue weighted by Crippen LogP contribution is 1.99. The minimum absolute atomic E-state index is 0.512. The average molecular weight is 184 g/mol. The Bertz CT molecular complexity index is 148. The molecule has 0 fully saturated rings. The Kier molecular flexibility index (Phi) is 4.14. The summed E-state index contributed by atoms with van der Waals surface area (Å²) in [7, 11) is 0. The summed E-state index contributed by atoms with van der Waals surface area (Å²) in [6, 6.07) is 0. The summed E-state index contributed by atoms with van der Waals surface area (Å²) in [5.74, 6) is -1.22. The molecule has 0 aromatic heterocycles. The fraction of sp³-hybridized carbons (Fsp3) is 0.500. The van der Waals surface area contributed by atoms with E-state index in [0.29, 0.717) is 0 Å². The van der Waals surface area contributed by atoms with E-state index in [2.05, 4.69) is 5.43 Å². The first kappa shape index (κ1) is 9.52. The van der Waals surface area contributed by atoms with Crippen LogP contribution < -0.4 is 10.9 Å². The maximum atomic E-state index is 10.4. The van der Waals surface area contributed by atoms with Crippen LogP contribution in [0.15, 0.2) is 0 Å². The summed E-state index contributed by atoms with van der Waals surface area (Å²) in [6.07, 6.45) is 0. The van der Waals surface area contributed by atoms with E-state index in [1.807, 2.05) is 5.43 Å². The molecule has 0 heterocycles. The van der Waals surface area contributed by atoms with E-state index >= 15 is 0 Å². The van der Waals surface area contributed by atoms with E-state index in [1.54, 1.807) is 0 Å². The highest BCUT2D eigenvalue weighted by atomic mass is 35.5. The molecule has 0 bridgehead atoms. The minimum atomic E-state index is -1.19. The molecule has 0 aliphatic rings. The summed E-state index contributed by atoms with van der Waals surface area (Å²) >= 11 is 10.2. The van der Waals surface area contributed by atoms with Crippen LogP contribution >= 0.6 is 23.2 Å². The van der Waals surface area contributed by atoms with Crippen molar-refractivity contribution in [2.75, 3.05) is 0 Å². The summed E-state index contributed by atoms with van der Waals surface area (Å²) < 4.78 is 0. The zero-order valence-corrected chi connectivity index (χ0v) is 6.61. The molecular weight excluding hydrogens is 179 g/mol. The van der Waals surface area contributed by atoms with Crippen LogP contribution in [0.1, 0.15) is 6.92 Å². The van der Waals surface area contributed by atoms with Gasteiger partial charge in [-0.15, -0.1) is 5.43 Å². The van der Waals surface area contributed by atoms with Crippen molar-refractivity contribution in [2.24, 2.45) is 0 Å². The zero-order chi connectivity index (χ0) is 8.15. The van der Waals surface area contributed by atoms with Crippen LogP contribution in [0.3, 0.4) is 0 Å². The van der Waals surface area contributed by atoms with Crippen LogP contribution in [-0.4, -0.2) is 16.7 Å². The van der Waals surface area contributed by atoms with Gasteiger partial charge in [0, 0.05) is 6.92 Å². The van der Waals surface area contributed by atoms with Gasteiger partial charge in [-0.25, -0.2) is 5.43 Å². The van der Waals surface area contributed by atoms with E-state index < -0.39 is 16.7 Å². The maximum Gasteiger partial charge on any atom is 0.273 e. The molecule has 0 atom stereocenters. The van der Waals surface area contributed by atoms with Crippen LogP contribution in [0, 0.1) is 0 Å². The van der Waals surface area contributed by atoms with Crippen molar-refractivity contribution in [3.63, 3.8) is 0 Å². The third kappa shape index (κ3) is 4.40. The lowest BCUT2D eigenvalue weighted by Crippen LogP contribution is -2.37. The quantitative estimate of drug-likeness (QED) is 0.459. The first-order valence-electron chi connectivity index (χ1n) is 2.33. The predicted molar refractivity (Wildman–Crippen MR) is 36.5 cm³/mol. The Morgan fingerprint density at radius 3 is 2.30 bits per heavy atom. The molecule has 10 heavy (non-hydrogen) atoms. The summed E-state index contributed by atoms with van der Waals surface area (Å²) in [4.78, 5) is 19.3. The molecule has 1 N–H and O–H groups in total. The Labute approximate surface area is 67.8 Å². The second kappa shape index (κ2) is 4.35. The van der Waals surface area contributed by atoms with Crippen LogP contribution in [0.5, 0.6) is 0 Å². The molecule has 0 unspecified atom stereocenters. The summed E-state index contributed by atoms with van der Waals surface area (Å²) in [5, 5.41) is 0. The van der Waals surface area contributed by atoms with Gasteiger partial charge in [0.05, 0.1) is 0 Å². The second-order valence-corrected chi connectivity index (χ2v) is 2.50. The molecule has 0 aliphatic carbocycles. The highest BCUT2D eigenvalue weighted by Gasteiger charge is 2.11. The van der Waals surface area contributed by atoms with Gasteiger partial charge in [0.1, 0.15) is 0 Å². The van der Waals surface area contributed by atoms with E-state index in [0.717, 1.165) is 0 Å². The number of hydrogen-bond donors (Lipinski definition) is 1. The fourth-order valence-electron chi connectivity index (χ4n) is 0.183. The van der Waals surface area contributed by atoms with E-state index in [9.17, 15) is 9.59 Å². The lowest BCUT2D eigenvalue weighted by Gasteiger charge is -2.00. The van der Waals surface area contributed by atoms with Gasteiger partial charge >= 0.3 is 0 Å². The largest absolute Gasteiger partial charge is 0.273 e. The van der Waals surface area contributed by atoms with Crippen molar-refractivity contribution >= 4 is 35.0 Å². The minimum Gasteiger partial charge on any atom is -0.271 e. The third-order valence-electron chi connectivity index (χ3n) is 0.522. The molecule has 0 spiro atoms. The smallest absolute Gasteiger partial charge is 0.271 e. The molecule has 2 amide bonds. The number of rotatable bonds is 1. The van der Waals surface area contributed by atoms with Gasteiger partial charge in [-0.05, 0) is 0 Å². The number of hydrogen-bond acceptors (Lipinski definition) is 2. The van der Waals surface area contributed by atoms with Crippen molar-refractivity contribution in [1.29, 1.82) is 0 Å². The average Bonchev–Trinajstić information content (AvgIpc) is 1.82. The molecule has 57 valence electrons. The first-order chi connectivity index (χ1) is 4.54. The van der Waals surface area contributed by atoms with E-state index in [1.165, 1.54) is 6.92 Å². The molecule has 6 heteroatoms. The first-order valence-corrected chi connectivity index (χ1v) is 3.20. The lowest BCUT2D eigenvalue weighted by molar-refractivity contribution is -0.127. The number of amides is 2. The lowest BCUT2D eigenvalue weighted by atomic mass is 10.7. The number of alkyl halides is 2. The third-order valence-corrected chi connectivity index (χ3v) is 0.918. The molecule has 0 aliphatic heterocycles. The van der Waals surface area contributed by atoms with Gasteiger partial charge in [-0.1, -0.05) is 23.2 Å². The molecule has 0 aromatic carbocycles. The highest BCUT2D eigenvalue weighted by molar-refractivity contribution is 6.53. The second-order valence-electron chi connectivity index (χ2n) is 1.41. The van der Waals surface area contributed by atoms with Crippen LogP contribution in [0.4, 0.5) is 0 Å². The van der Waals surface area contributed by atoms with Crippen LogP contribution in [0.25, 0.3) is 0 Å². The van der Waals surface area contributed by atoms with E-state index in [4.69, 9.17) is 23.2 Å². The Morgan fingerprint density at radius 2 is 2.00 bits per heavy atom. The molecule has 0 rings (SSSR count). The topological polar surface area (TPSA) is 60.3 Å². The molecule has 4 nitrogen and oxygen atoms in total. The van der Waals surface area contributed by atoms with Gasteiger partial charge < -0.3 is 0 Å². The SMILES string of the molecule is CC(=O)[N]NC(=O)C(Cl)Cl. The number of carbonyl (C=O) groups excluding carboxylic acids is 2. The standard InChI is InChI=1S/C4H5Cl2N2O2/c1-2(9)7-8-4(10)3(5)6/h3H,1H3,(H,8,10). The number of nitrogens with one attached hydrogen (secondary N) is 1. The predicted octanol–water partition coefficient (Wildman–Crippen LogP) is -0.0278. The van der Waals surface area contributed by atoms with Gasteiger partial charge in [-0.3, -0.25) is 9.59 Å². The van der Waals surface area contributed by atoms with Crippen molar-refractivity contribution in [1.82, 2.24) is 10.9 Å². The van der Waals surface area contributed by atoms with Crippen molar-refractivity contribution < 1.29 is 9.59 Å². The monoisotopic (exact) mass is 183 g/mol. The van der Waals surface area contributed by atoms with Crippen molar-refractivity contribution in [3.8, 4) is 0 Å². The van der Waals surface area contributed by atoms with Crippen LogP contribution in [-0.2, 0) is 9.59 Å². The molecular formula is C4H5Cl2N2O2. The van der Waals surface area contributed by atoms with Gasteiger partial charge in [0.2, 0.25) is 0 Å². The number of nitrogens with zero attached hydrogens (tertiary/aromatic N) is 1. The number of halogens is 2. The van der Waals surface area contributed by atoms with E-state index in [-0.39, 0.29) is 0 Å². The summed E-state index contributed by atoms with van der Waals surface area (Å²) in [6.45, 7) is 1.19. The van der Waals surface area contributed by atoms with Crippen molar-refractivity contribution in [3.05, 3.63) is 0 Å². The zero-order valence-electron chi connectivity index (χ0n) is 5.10. The maximum absolute atomic E-state index is 10.4. The van der Waals surface area contributed by atoms with Gasteiger partial charge in [0.15, 0.2) is 4.84 Å². The Balaban J connectivity index is 3.50. The normalized spacial score (nSPS) is 9.20. The molecule has 1 radical (unpaired) electrons. The van der Waals surface area contributed by atoms with Crippen molar-refractivity contribution in [2.45, 2.75) is 11.8 Å². The fourth-order valence-corrected chi connectivity index (χ4v) is 0.280.